The molecule has 0 saturated heterocycles. The highest BCUT2D eigenvalue weighted by molar-refractivity contribution is 7.94. The predicted molar refractivity (Wildman–Crippen MR) is 76.3 cm³/mol. The van der Waals surface area contributed by atoms with E-state index >= 15 is 0 Å². The van der Waals surface area contributed by atoms with E-state index in [2.05, 4.69) is 4.98 Å². The van der Waals surface area contributed by atoms with Crippen LogP contribution in [0.4, 0.5) is 5.69 Å². The molecule has 0 bridgehead atoms. The number of amides is 2. The monoisotopic (exact) mass is 318 g/mol. The highest BCUT2D eigenvalue weighted by Gasteiger charge is 2.43. The highest BCUT2D eigenvalue weighted by atomic mass is 32.2. The Morgan fingerprint density at radius 2 is 1.95 bits per heavy atom. The lowest BCUT2D eigenvalue weighted by Crippen LogP contribution is -2.35. The number of nitrogen functional groups attached to an aromatic ring is 1. The van der Waals surface area contributed by atoms with Crippen LogP contribution in [0.25, 0.3) is 0 Å². The molecule has 112 valence electrons. The standard InChI is InChI=1S/C13H10N4O4S/c14-16-12(18)8-5-6-15-7-10(8)17-13(19)9-3-1-2-4-11(9)22(17,20)21/h1-7H,14H2,(H,16,18). The van der Waals surface area contributed by atoms with Crippen LogP contribution in [-0.2, 0) is 10.0 Å². The van der Waals surface area contributed by atoms with Crippen molar-refractivity contribution in [2.45, 2.75) is 4.90 Å². The fourth-order valence-corrected chi connectivity index (χ4v) is 3.84. The van der Waals surface area contributed by atoms with E-state index in [-0.39, 0.29) is 21.7 Å². The van der Waals surface area contributed by atoms with Crippen molar-refractivity contribution in [3.8, 4) is 0 Å². The quantitative estimate of drug-likeness (QED) is 0.458. The predicted octanol–water partition coefficient (Wildman–Crippen LogP) is 0.0342. The van der Waals surface area contributed by atoms with E-state index in [0.717, 1.165) is 6.20 Å². The van der Waals surface area contributed by atoms with Crippen molar-refractivity contribution in [3.05, 3.63) is 53.9 Å². The summed E-state index contributed by atoms with van der Waals surface area (Å²) in [6, 6.07) is 7.11. The summed E-state index contributed by atoms with van der Waals surface area (Å²) in [6.45, 7) is 0. The third-order valence-corrected chi connectivity index (χ3v) is 4.97. The molecule has 9 heteroatoms. The molecule has 0 fully saturated rings. The average molecular weight is 318 g/mol. The molecule has 8 nitrogen and oxygen atoms in total. The number of hydrogen-bond donors (Lipinski definition) is 2. The molecule has 0 aliphatic carbocycles. The molecule has 22 heavy (non-hydrogen) atoms. The van der Waals surface area contributed by atoms with Gasteiger partial charge < -0.3 is 0 Å². The summed E-state index contributed by atoms with van der Waals surface area (Å²) < 4.78 is 25.7. The summed E-state index contributed by atoms with van der Waals surface area (Å²) in [7, 11) is -4.09. The maximum Gasteiger partial charge on any atom is 0.273 e. The van der Waals surface area contributed by atoms with E-state index in [1.165, 1.54) is 30.5 Å². The molecule has 0 saturated carbocycles. The summed E-state index contributed by atoms with van der Waals surface area (Å²) in [5, 5.41) is 0. The van der Waals surface area contributed by atoms with Crippen LogP contribution in [0, 0.1) is 0 Å². The molecule has 2 amide bonds. The normalized spacial score (nSPS) is 15.5. The summed E-state index contributed by atoms with van der Waals surface area (Å²) in [4.78, 5) is 27.9. The van der Waals surface area contributed by atoms with Crippen LogP contribution in [-0.4, -0.2) is 25.2 Å². The van der Waals surface area contributed by atoms with Gasteiger partial charge in [-0.15, -0.1) is 0 Å². The summed E-state index contributed by atoms with van der Waals surface area (Å²) in [6.07, 6.45) is 2.43. The highest BCUT2D eigenvalue weighted by Crippen LogP contribution is 2.35. The van der Waals surface area contributed by atoms with E-state index in [0.29, 0.717) is 4.31 Å². The van der Waals surface area contributed by atoms with Crippen molar-refractivity contribution in [1.82, 2.24) is 10.4 Å². The molecule has 1 aliphatic heterocycles. The Bertz CT molecular complexity index is 894. The third kappa shape index (κ3) is 1.87. The molecular formula is C13H10N4O4S. The first-order valence-electron chi connectivity index (χ1n) is 6.12. The molecule has 1 aliphatic rings. The molecule has 1 aromatic heterocycles. The van der Waals surface area contributed by atoms with Gasteiger partial charge in [-0.1, -0.05) is 12.1 Å². The number of hydrogen-bond acceptors (Lipinski definition) is 6. The number of benzene rings is 1. The second kappa shape index (κ2) is 4.90. The minimum absolute atomic E-state index is 0.0467. The number of anilines is 1. The summed E-state index contributed by atoms with van der Waals surface area (Å²) >= 11 is 0. The molecule has 0 radical (unpaired) electrons. The van der Waals surface area contributed by atoms with Gasteiger partial charge in [-0.2, -0.15) is 4.31 Å². The van der Waals surface area contributed by atoms with E-state index in [1.54, 1.807) is 6.07 Å². The van der Waals surface area contributed by atoms with Gasteiger partial charge in [-0.3, -0.25) is 20.0 Å². The van der Waals surface area contributed by atoms with E-state index < -0.39 is 21.8 Å². The van der Waals surface area contributed by atoms with Crippen LogP contribution in [0.2, 0.25) is 0 Å². The Morgan fingerprint density at radius 3 is 2.64 bits per heavy atom. The number of nitrogens with two attached hydrogens (primary N) is 1. The Kier molecular flexibility index (Phi) is 3.15. The van der Waals surface area contributed by atoms with Crippen LogP contribution in [0.15, 0.2) is 47.6 Å². The summed E-state index contributed by atoms with van der Waals surface area (Å²) in [5.74, 6) is 3.62. The van der Waals surface area contributed by atoms with Gasteiger partial charge in [-0.05, 0) is 18.2 Å². The number of hydrazine groups is 1. The maximum absolute atomic E-state index is 12.6. The van der Waals surface area contributed by atoms with Gasteiger partial charge in [0, 0.05) is 6.20 Å². The molecular weight excluding hydrogens is 308 g/mol. The minimum atomic E-state index is -4.09. The molecule has 2 aromatic rings. The Hall–Kier alpha value is -2.78. The second-order valence-corrected chi connectivity index (χ2v) is 6.19. The minimum Gasteiger partial charge on any atom is -0.290 e. The van der Waals surface area contributed by atoms with Crippen molar-refractivity contribution >= 4 is 27.5 Å². The number of rotatable bonds is 2. The van der Waals surface area contributed by atoms with Gasteiger partial charge in [-0.25, -0.2) is 14.3 Å². The molecule has 2 heterocycles. The number of nitrogens with zero attached hydrogens (tertiary/aromatic N) is 2. The van der Waals surface area contributed by atoms with Crippen LogP contribution < -0.4 is 15.6 Å². The van der Waals surface area contributed by atoms with Gasteiger partial charge in [0.05, 0.1) is 23.0 Å². The zero-order chi connectivity index (χ0) is 15.9. The largest absolute Gasteiger partial charge is 0.290 e. The smallest absolute Gasteiger partial charge is 0.273 e. The van der Waals surface area contributed by atoms with Crippen molar-refractivity contribution in [2.75, 3.05) is 4.31 Å². The van der Waals surface area contributed by atoms with Crippen LogP contribution >= 0.6 is 0 Å². The van der Waals surface area contributed by atoms with Crippen molar-refractivity contribution in [3.63, 3.8) is 0 Å². The number of aromatic nitrogens is 1. The number of sulfonamides is 1. The van der Waals surface area contributed by atoms with Crippen molar-refractivity contribution < 1.29 is 18.0 Å². The first-order chi connectivity index (χ1) is 10.5. The fraction of sp³-hybridized carbons (Fsp3) is 0. The fourth-order valence-electron chi connectivity index (χ4n) is 2.24. The van der Waals surface area contributed by atoms with Crippen molar-refractivity contribution in [1.29, 1.82) is 0 Å². The van der Waals surface area contributed by atoms with Gasteiger partial charge in [0.15, 0.2) is 0 Å². The number of carbonyl (C=O) groups is 2. The zero-order valence-electron chi connectivity index (χ0n) is 11.1. The Balaban J connectivity index is 2.24. The molecule has 1 aromatic carbocycles. The number of carbonyl (C=O) groups excluding carboxylic acids is 2. The van der Waals surface area contributed by atoms with Gasteiger partial charge in [0.25, 0.3) is 21.8 Å². The Labute approximate surface area is 125 Å². The lowest BCUT2D eigenvalue weighted by molar-refractivity contribution is 0.0954. The SMILES string of the molecule is NNC(=O)c1ccncc1N1C(=O)c2ccccc2S1(=O)=O. The molecule has 0 atom stereocenters. The van der Waals surface area contributed by atoms with E-state index in [9.17, 15) is 18.0 Å². The van der Waals surface area contributed by atoms with Crippen LogP contribution in [0.5, 0.6) is 0 Å². The Morgan fingerprint density at radius 1 is 1.23 bits per heavy atom. The molecule has 3 N–H and O–H groups in total. The second-order valence-electron chi connectivity index (χ2n) is 4.44. The lowest BCUT2D eigenvalue weighted by Gasteiger charge is -2.17. The van der Waals surface area contributed by atoms with Gasteiger partial charge >= 0.3 is 0 Å². The number of pyridine rings is 1. The molecule has 0 unspecified atom stereocenters. The number of fused-ring (bicyclic) bond motifs is 1. The van der Waals surface area contributed by atoms with E-state index in [4.69, 9.17) is 5.84 Å². The average Bonchev–Trinajstić information content (AvgIpc) is 2.74. The van der Waals surface area contributed by atoms with Crippen molar-refractivity contribution in [2.24, 2.45) is 5.84 Å². The topological polar surface area (TPSA) is 122 Å². The first kappa shape index (κ1) is 14.2. The van der Waals surface area contributed by atoms with Crippen LogP contribution in [0.3, 0.4) is 0 Å². The van der Waals surface area contributed by atoms with Gasteiger partial charge in [0.2, 0.25) is 0 Å². The molecule has 3 rings (SSSR count). The maximum atomic E-state index is 12.6. The zero-order valence-corrected chi connectivity index (χ0v) is 11.9. The summed E-state index contributed by atoms with van der Waals surface area (Å²) in [5.41, 5.74) is 1.74. The number of nitrogens with one attached hydrogen (secondary N) is 1. The molecule has 0 spiro atoms. The van der Waals surface area contributed by atoms with Gasteiger partial charge in [0.1, 0.15) is 4.90 Å². The van der Waals surface area contributed by atoms with E-state index in [1.807, 2.05) is 5.43 Å². The first-order valence-corrected chi connectivity index (χ1v) is 7.56. The lowest BCUT2D eigenvalue weighted by atomic mass is 10.2. The van der Waals surface area contributed by atoms with Crippen LogP contribution in [0.1, 0.15) is 20.7 Å². The third-order valence-electron chi connectivity index (χ3n) is 3.21.